The lowest BCUT2D eigenvalue weighted by molar-refractivity contribution is -0.138. The number of aryl methyl sites for hydroxylation is 1. The van der Waals surface area contributed by atoms with Gasteiger partial charge in [0.15, 0.2) is 0 Å². The number of fused-ring (bicyclic) bond motifs is 1. The monoisotopic (exact) mass is 623 g/mol. The molecule has 0 saturated heterocycles. The average Bonchev–Trinajstić information content (AvgIpc) is 3.71. The second-order valence-corrected chi connectivity index (χ2v) is 12.6. The van der Waals surface area contributed by atoms with E-state index in [1.165, 1.54) is 6.07 Å². The van der Waals surface area contributed by atoms with Crippen LogP contribution in [-0.2, 0) is 26.0 Å². The third-order valence-corrected chi connectivity index (χ3v) is 8.88. The highest BCUT2D eigenvalue weighted by Crippen LogP contribution is 2.48. The Bertz CT molecular complexity index is 1830. The maximum Gasteiger partial charge on any atom is 0.343 e. The molecular formula is C30H33N5O8S. The highest BCUT2D eigenvalue weighted by molar-refractivity contribution is 7.92. The first-order valence-electron chi connectivity index (χ1n) is 14.1. The Morgan fingerprint density at radius 1 is 1.07 bits per heavy atom. The number of aromatic hydroxyl groups is 1. The molecule has 1 saturated carbocycles. The minimum Gasteiger partial charge on any atom is -0.507 e. The van der Waals surface area contributed by atoms with Crippen molar-refractivity contribution in [3.05, 3.63) is 81.9 Å². The van der Waals surface area contributed by atoms with E-state index < -0.39 is 39.6 Å². The van der Waals surface area contributed by atoms with Crippen LogP contribution in [-0.4, -0.2) is 52.4 Å². The fourth-order valence-corrected chi connectivity index (χ4v) is 6.17. The molecule has 2 aromatic heterocycles. The predicted octanol–water partition coefficient (Wildman–Crippen LogP) is 2.59. The van der Waals surface area contributed by atoms with Gasteiger partial charge in [0.1, 0.15) is 23.3 Å². The number of hydrogen-bond acceptors (Lipinski definition) is 10. The molecule has 1 fully saturated rings. The number of nitrogens with two attached hydrogens (primary N) is 2. The number of nitrogens with zero attached hydrogens (tertiary/aromatic N) is 1. The van der Waals surface area contributed by atoms with Crippen LogP contribution >= 0.6 is 0 Å². The van der Waals surface area contributed by atoms with Crippen LogP contribution in [0.15, 0.2) is 69.0 Å². The molecule has 13 nitrogen and oxygen atoms in total. The van der Waals surface area contributed by atoms with Crippen molar-refractivity contribution in [3.8, 4) is 5.75 Å². The summed E-state index contributed by atoms with van der Waals surface area (Å²) >= 11 is 0. The van der Waals surface area contributed by atoms with Crippen LogP contribution in [0, 0.1) is 5.92 Å². The Balaban J connectivity index is 1.32. The fourth-order valence-electron chi connectivity index (χ4n) is 5.17. The summed E-state index contributed by atoms with van der Waals surface area (Å²) in [7, 11) is -4.05. The summed E-state index contributed by atoms with van der Waals surface area (Å²) in [6, 6.07) is 12.8. The van der Waals surface area contributed by atoms with Gasteiger partial charge in [-0.2, -0.15) is 8.42 Å². The number of para-hydroxylation sites is 2. The Labute approximate surface area is 252 Å². The largest absolute Gasteiger partial charge is 0.507 e. The molecule has 0 radical (unpaired) electrons. The number of carbonyl (C=O) groups excluding carboxylic acids is 1. The first kappa shape index (κ1) is 30.9. The molecule has 5 rings (SSSR count). The van der Waals surface area contributed by atoms with Crippen LogP contribution in [0.3, 0.4) is 0 Å². The van der Waals surface area contributed by atoms with Crippen LogP contribution in [0.2, 0.25) is 0 Å². The summed E-state index contributed by atoms with van der Waals surface area (Å²) < 4.78 is 34.2. The lowest BCUT2D eigenvalue weighted by Crippen LogP contribution is -2.35. The number of carboxylic acids is 1. The third-order valence-electron chi connectivity index (χ3n) is 7.68. The Hall–Kier alpha value is -4.53. The van der Waals surface area contributed by atoms with Gasteiger partial charge < -0.3 is 31.1 Å². The number of sulfonamides is 1. The molecule has 2 unspecified atom stereocenters. The summed E-state index contributed by atoms with van der Waals surface area (Å²) in [5.74, 6) is -2.20. The van der Waals surface area contributed by atoms with Gasteiger partial charge in [-0.15, -0.1) is 0 Å². The van der Waals surface area contributed by atoms with E-state index in [1.807, 2.05) is 0 Å². The van der Waals surface area contributed by atoms with E-state index >= 15 is 0 Å². The topological polar surface area (TPSA) is 232 Å². The quantitative estimate of drug-likeness (QED) is 0.119. The number of imidazole rings is 1. The number of nitrogens with one attached hydrogen (secondary N) is 2. The third kappa shape index (κ3) is 6.98. The van der Waals surface area contributed by atoms with Crippen LogP contribution in [0.4, 0.5) is 5.69 Å². The average molecular weight is 624 g/mol. The van der Waals surface area contributed by atoms with E-state index in [1.54, 1.807) is 48.5 Å². The zero-order chi connectivity index (χ0) is 31.6. The van der Waals surface area contributed by atoms with Gasteiger partial charge in [-0.1, -0.05) is 24.3 Å². The summed E-state index contributed by atoms with van der Waals surface area (Å²) in [6.45, 7) is 0. The summed E-state index contributed by atoms with van der Waals surface area (Å²) in [5.41, 5.74) is 12.7. The molecule has 0 spiro atoms. The first-order chi connectivity index (χ1) is 20.9. The van der Waals surface area contributed by atoms with E-state index in [4.69, 9.17) is 21.0 Å². The molecule has 0 amide bonds. The molecule has 0 bridgehead atoms. The molecule has 232 valence electrons. The zero-order valence-electron chi connectivity index (χ0n) is 23.6. The predicted molar refractivity (Wildman–Crippen MR) is 161 cm³/mol. The number of aromatic nitrogens is 2. The minimum absolute atomic E-state index is 0.0418. The van der Waals surface area contributed by atoms with Crippen LogP contribution in [0.25, 0.3) is 11.0 Å². The lowest BCUT2D eigenvalue weighted by Gasteiger charge is -2.19. The van der Waals surface area contributed by atoms with E-state index in [9.17, 15) is 27.9 Å². The number of benzene rings is 2. The van der Waals surface area contributed by atoms with Crippen molar-refractivity contribution in [1.82, 2.24) is 9.97 Å². The summed E-state index contributed by atoms with van der Waals surface area (Å²) in [4.78, 5) is 43.3. The Morgan fingerprint density at radius 3 is 2.50 bits per heavy atom. The SMILES string of the molecule is NC(CCc1cc(O)c(C(c2cccc(NS(=O)(=O)c3nc4ccccc4[nH]3)c2)C2CC2)c(=O)o1)C(=O)CC[C@H](N)C(=O)O. The van der Waals surface area contributed by atoms with Gasteiger partial charge in [0.05, 0.1) is 22.6 Å². The minimum atomic E-state index is -4.05. The maximum absolute atomic E-state index is 13.2. The molecule has 3 atom stereocenters. The van der Waals surface area contributed by atoms with Crippen molar-refractivity contribution in [3.63, 3.8) is 0 Å². The second kappa shape index (κ2) is 12.6. The first-order valence-corrected chi connectivity index (χ1v) is 15.6. The van der Waals surface area contributed by atoms with Gasteiger partial charge in [-0.25, -0.2) is 9.78 Å². The van der Waals surface area contributed by atoms with Crippen LogP contribution < -0.4 is 21.8 Å². The van der Waals surface area contributed by atoms with Gasteiger partial charge in [-0.3, -0.25) is 14.3 Å². The molecule has 0 aliphatic heterocycles. The number of hydrogen-bond donors (Lipinski definition) is 6. The summed E-state index contributed by atoms with van der Waals surface area (Å²) in [5, 5.41) is 19.6. The standard InChI is InChI=1S/C30H33N5O8S/c31-20(24(36)13-12-21(32)28(38)39)11-10-19-15-25(37)27(29(40)43-19)26(16-8-9-16)17-4-3-5-18(14-17)35-44(41,42)30-33-22-6-1-2-7-23(22)34-30/h1-7,14-16,20-21,26,35,37H,8-13,31-32H2,(H,33,34)(H,38,39)/t20?,21-,26?/m0/s1. The second-order valence-electron chi connectivity index (χ2n) is 11.0. The fraction of sp³-hybridized carbons (Fsp3) is 0.333. The molecule has 1 aliphatic rings. The molecule has 8 N–H and O–H groups in total. The Kier molecular flexibility index (Phi) is 8.85. The zero-order valence-corrected chi connectivity index (χ0v) is 24.4. The highest BCUT2D eigenvalue weighted by atomic mass is 32.2. The van der Waals surface area contributed by atoms with E-state index in [-0.39, 0.29) is 65.3 Å². The van der Waals surface area contributed by atoms with E-state index in [0.29, 0.717) is 16.6 Å². The van der Waals surface area contributed by atoms with Crippen LogP contribution in [0.1, 0.15) is 54.9 Å². The highest BCUT2D eigenvalue weighted by Gasteiger charge is 2.37. The smallest absolute Gasteiger partial charge is 0.343 e. The van der Waals surface area contributed by atoms with Gasteiger partial charge in [0.25, 0.3) is 10.0 Å². The Morgan fingerprint density at radius 2 is 1.82 bits per heavy atom. The number of aromatic amines is 1. The van der Waals surface area contributed by atoms with E-state index in [2.05, 4.69) is 14.7 Å². The number of carboxylic acid groups (broad SMARTS) is 1. The van der Waals surface area contributed by atoms with Gasteiger partial charge >= 0.3 is 11.6 Å². The molecule has 44 heavy (non-hydrogen) atoms. The van der Waals surface area contributed by atoms with Crippen molar-refractivity contribution >= 4 is 38.5 Å². The van der Waals surface area contributed by atoms with Crippen molar-refractivity contribution in [2.45, 2.75) is 61.7 Å². The number of anilines is 1. The van der Waals surface area contributed by atoms with Crippen molar-refractivity contribution in [2.24, 2.45) is 17.4 Å². The number of Topliss-reactive ketones (excluding diaryl/α,β-unsaturated/α-hetero) is 1. The number of rotatable bonds is 14. The molecule has 2 aromatic carbocycles. The number of ketones is 1. The van der Waals surface area contributed by atoms with Crippen LogP contribution in [0.5, 0.6) is 5.75 Å². The molecule has 2 heterocycles. The van der Waals surface area contributed by atoms with E-state index in [0.717, 1.165) is 12.8 Å². The summed E-state index contributed by atoms with van der Waals surface area (Å²) in [6.07, 6.45) is 1.68. The molecule has 14 heteroatoms. The van der Waals surface area contributed by atoms with Crippen molar-refractivity contribution in [1.29, 1.82) is 0 Å². The normalized spacial score (nSPS) is 15.5. The lowest BCUT2D eigenvalue weighted by atomic mass is 9.87. The number of H-pyrrole nitrogens is 1. The maximum atomic E-state index is 13.2. The molecular weight excluding hydrogens is 590 g/mol. The molecule has 1 aliphatic carbocycles. The van der Waals surface area contributed by atoms with Gasteiger partial charge in [0.2, 0.25) is 5.16 Å². The molecule has 4 aromatic rings. The number of aliphatic carboxylic acids is 1. The van der Waals surface area contributed by atoms with Crippen molar-refractivity contribution < 1.29 is 32.6 Å². The van der Waals surface area contributed by atoms with Crippen molar-refractivity contribution in [2.75, 3.05) is 4.72 Å². The van der Waals surface area contributed by atoms with Gasteiger partial charge in [0, 0.05) is 30.5 Å². The van der Waals surface area contributed by atoms with Gasteiger partial charge in [-0.05, 0) is 61.4 Å². The number of carbonyl (C=O) groups is 2.